The molecular weight excluding hydrogens is 304 g/mol. The van der Waals surface area contributed by atoms with Crippen LogP contribution in [0, 0.1) is 5.92 Å². The fraction of sp³-hybridized carbons (Fsp3) is 0.632. The van der Waals surface area contributed by atoms with Crippen LogP contribution in [0.1, 0.15) is 25.8 Å². The largest absolute Gasteiger partial charge is 0.497 e. The zero-order chi connectivity index (χ0) is 17.4. The molecule has 1 heterocycles. The standard InChI is InChI=1S/C19H30N2O3/c1-15(2)18(21-10-12-24-13-11-21)14-20-19(22)9-6-16-4-7-17(23-3)8-5-16/h4-5,7-8,15,18H,6,9-14H2,1-3H3,(H,20,22). The summed E-state index contributed by atoms with van der Waals surface area (Å²) in [6.07, 6.45) is 1.26. The first-order valence-corrected chi connectivity index (χ1v) is 8.81. The molecule has 0 aromatic heterocycles. The molecule has 134 valence electrons. The Balaban J connectivity index is 1.75. The zero-order valence-electron chi connectivity index (χ0n) is 15.1. The number of carbonyl (C=O) groups excluding carboxylic acids is 1. The smallest absolute Gasteiger partial charge is 0.220 e. The van der Waals surface area contributed by atoms with Crippen LogP contribution in [0.2, 0.25) is 0 Å². The van der Waals surface area contributed by atoms with Crippen molar-refractivity contribution < 1.29 is 14.3 Å². The number of carbonyl (C=O) groups is 1. The van der Waals surface area contributed by atoms with Crippen LogP contribution >= 0.6 is 0 Å². The molecule has 0 bridgehead atoms. The van der Waals surface area contributed by atoms with Crippen molar-refractivity contribution in [1.82, 2.24) is 10.2 Å². The van der Waals surface area contributed by atoms with Gasteiger partial charge in [0.05, 0.1) is 20.3 Å². The Labute approximate surface area is 145 Å². The second kappa shape index (κ2) is 9.64. The Morgan fingerprint density at radius 3 is 2.50 bits per heavy atom. The van der Waals surface area contributed by atoms with E-state index in [4.69, 9.17) is 9.47 Å². The van der Waals surface area contributed by atoms with Gasteiger partial charge in [0.25, 0.3) is 0 Å². The summed E-state index contributed by atoms with van der Waals surface area (Å²) in [7, 11) is 1.65. The van der Waals surface area contributed by atoms with E-state index in [1.165, 1.54) is 0 Å². The summed E-state index contributed by atoms with van der Waals surface area (Å²) >= 11 is 0. The monoisotopic (exact) mass is 334 g/mol. The number of morpholine rings is 1. The van der Waals surface area contributed by atoms with Gasteiger partial charge in [0.15, 0.2) is 0 Å². The Kier molecular flexibility index (Phi) is 7.53. The van der Waals surface area contributed by atoms with Crippen molar-refractivity contribution >= 4 is 5.91 Å². The van der Waals surface area contributed by atoms with Crippen molar-refractivity contribution in [2.75, 3.05) is 40.0 Å². The lowest BCUT2D eigenvalue weighted by Crippen LogP contribution is -2.51. The highest BCUT2D eigenvalue weighted by Gasteiger charge is 2.24. The van der Waals surface area contributed by atoms with Crippen molar-refractivity contribution in [3.63, 3.8) is 0 Å². The number of aryl methyl sites for hydroxylation is 1. The minimum atomic E-state index is 0.115. The Morgan fingerprint density at radius 1 is 1.25 bits per heavy atom. The van der Waals surface area contributed by atoms with Gasteiger partial charge in [-0.15, -0.1) is 0 Å². The lowest BCUT2D eigenvalue weighted by molar-refractivity contribution is -0.121. The molecule has 1 saturated heterocycles. The van der Waals surface area contributed by atoms with E-state index in [0.717, 1.165) is 44.0 Å². The molecule has 0 saturated carbocycles. The predicted molar refractivity (Wildman–Crippen MR) is 95.3 cm³/mol. The highest BCUT2D eigenvalue weighted by atomic mass is 16.5. The van der Waals surface area contributed by atoms with Gasteiger partial charge in [0, 0.05) is 32.1 Å². The number of rotatable bonds is 8. The first-order chi connectivity index (χ1) is 11.6. The van der Waals surface area contributed by atoms with Gasteiger partial charge in [-0.25, -0.2) is 0 Å². The summed E-state index contributed by atoms with van der Waals surface area (Å²) in [5.74, 6) is 1.46. The van der Waals surface area contributed by atoms with Gasteiger partial charge < -0.3 is 14.8 Å². The average Bonchev–Trinajstić information content (AvgIpc) is 2.61. The molecule has 1 atom stereocenters. The number of nitrogens with one attached hydrogen (secondary N) is 1. The maximum absolute atomic E-state index is 12.2. The van der Waals surface area contributed by atoms with Gasteiger partial charge >= 0.3 is 0 Å². The second-order valence-electron chi connectivity index (χ2n) is 6.61. The van der Waals surface area contributed by atoms with Crippen LogP contribution in [-0.2, 0) is 16.0 Å². The molecule has 5 heteroatoms. The van der Waals surface area contributed by atoms with Crippen LogP contribution in [0.25, 0.3) is 0 Å². The van der Waals surface area contributed by atoms with E-state index >= 15 is 0 Å². The lowest BCUT2D eigenvalue weighted by Gasteiger charge is -2.36. The summed E-state index contributed by atoms with van der Waals surface area (Å²) in [6, 6.07) is 8.26. The van der Waals surface area contributed by atoms with Gasteiger partial charge in [0.1, 0.15) is 5.75 Å². The molecule has 0 spiro atoms. The van der Waals surface area contributed by atoms with Gasteiger partial charge in [0.2, 0.25) is 5.91 Å². The number of benzene rings is 1. The molecule has 1 unspecified atom stereocenters. The van der Waals surface area contributed by atoms with Crippen molar-refractivity contribution in [2.45, 2.75) is 32.7 Å². The third-order valence-corrected chi connectivity index (χ3v) is 4.59. The molecule has 0 radical (unpaired) electrons. The van der Waals surface area contributed by atoms with Gasteiger partial charge in [-0.2, -0.15) is 0 Å². The fourth-order valence-corrected chi connectivity index (χ4v) is 3.05. The molecular formula is C19H30N2O3. The van der Waals surface area contributed by atoms with Crippen molar-refractivity contribution in [1.29, 1.82) is 0 Å². The minimum absolute atomic E-state index is 0.115. The third kappa shape index (κ3) is 5.80. The van der Waals surface area contributed by atoms with Crippen LogP contribution < -0.4 is 10.1 Å². The van der Waals surface area contributed by atoms with Gasteiger partial charge in [-0.3, -0.25) is 9.69 Å². The van der Waals surface area contributed by atoms with Crippen molar-refractivity contribution in [2.24, 2.45) is 5.92 Å². The van der Waals surface area contributed by atoms with E-state index in [9.17, 15) is 4.79 Å². The van der Waals surface area contributed by atoms with Gasteiger partial charge in [-0.05, 0) is 30.0 Å². The molecule has 1 amide bonds. The lowest BCUT2D eigenvalue weighted by atomic mass is 10.0. The number of amides is 1. The summed E-state index contributed by atoms with van der Waals surface area (Å²) in [6.45, 7) is 8.60. The first-order valence-electron chi connectivity index (χ1n) is 8.81. The predicted octanol–water partition coefficient (Wildman–Crippen LogP) is 2.10. The number of methoxy groups -OCH3 is 1. The SMILES string of the molecule is COc1ccc(CCC(=O)NCC(C(C)C)N2CCOCC2)cc1. The highest BCUT2D eigenvalue weighted by Crippen LogP contribution is 2.14. The molecule has 1 aliphatic rings. The summed E-state index contributed by atoms with van der Waals surface area (Å²) in [5, 5.41) is 3.11. The minimum Gasteiger partial charge on any atom is -0.497 e. The van der Waals surface area contributed by atoms with Crippen LogP contribution in [0.15, 0.2) is 24.3 Å². The van der Waals surface area contributed by atoms with E-state index in [1.54, 1.807) is 7.11 Å². The number of nitrogens with zero attached hydrogens (tertiary/aromatic N) is 1. The Bertz CT molecular complexity index is 496. The molecule has 5 nitrogen and oxygen atoms in total. The summed E-state index contributed by atoms with van der Waals surface area (Å²) in [5.41, 5.74) is 1.15. The first kappa shape index (κ1) is 18.7. The summed E-state index contributed by atoms with van der Waals surface area (Å²) < 4.78 is 10.6. The van der Waals surface area contributed by atoms with E-state index in [-0.39, 0.29) is 5.91 Å². The Morgan fingerprint density at radius 2 is 1.92 bits per heavy atom. The average molecular weight is 334 g/mol. The highest BCUT2D eigenvalue weighted by molar-refractivity contribution is 5.76. The normalized spacial score (nSPS) is 16.8. The van der Waals surface area contributed by atoms with Gasteiger partial charge in [-0.1, -0.05) is 26.0 Å². The molecule has 0 aliphatic carbocycles. The maximum atomic E-state index is 12.2. The van der Waals surface area contributed by atoms with Crippen LogP contribution in [0.5, 0.6) is 5.75 Å². The molecule has 1 aliphatic heterocycles. The quantitative estimate of drug-likeness (QED) is 0.791. The van der Waals surface area contributed by atoms with E-state index in [0.29, 0.717) is 24.9 Å². The van der Waals surface area contributed by atoms with Crippen LogP contribution in [-0.4, -0.2) is 56.8 Å². The molecule has 1 N–H and O–H groups in total. The molecule has 1 fully saturated rings. The topological polar surface area (TPSA) is 50.8 Å². The maximum Gasteiger partial charge on any atom is 0.220 e. The molecule has 24 heavy (non-hydrogen) atoms. The molecule has 1 aromatic rings. The zero-order valence-corrected chi connectivity index (χ0v) is 15.1. The van der Waals surface area contributed by atoms with E-state index < -0.39 is 0 Å². The van der Waals surface area contributed by atoms with E-state index in [2.05, 4.69) is 24.1 Å². The number of ether oxygens (including phenoxy) is 2. The summed E-state index contributed by atoms with van der Waals surface area (Å²) in [4.78, 5) is 14.6. The van der Waals surface area contributed by atoms with Crippen molar-refractivity contribution in [3.05, 3.63) is 29.8 Å². The number of hydrogen-bond acceptors (Lipinski definition) is 4. The fourth-order valence-electron chi connectivity index (χ4n) is 3.05. The molecule has 1 aromatic carbocycles. The van der Waals surface area contributed by atoms with Crippen molar-refractivity contribution in [3.8, 4) is 5.75 Å². The van der Waals surface area contributed by atoms with Crippen LogP contribution in [0.3, 0.4) is 0 Å². The second-order valence-corrected chi connectivity index (χ2v) is 6.61. The van der Waals surface area contributed by atoms with Crippen LogP contribution in [0.4, 0.5) is 0 Å². The number of hydrogen-bond donors (Lipinski definition) is 1. The molecule has 2 rings (SSSR count). The van der Waals surface area contributed by atoms with E-state index in [1.807, 2.05) is 24.3 Å². The third-order valence-electron chi connectivity index (χ3n) is 4.59. The Hall–Kier alpha value is -1.59.